The maximum absolute atomic E-state index is 9.99. The summed E-state index contributed by atoms with van der Waals surface area (Å²) in [7, 11) is 0. The summed E-state index contributed by atoms with van der Waals surface area (Å²) in [6, 6.07) is -28.3. The van der Waals surface area contributed by atoms with Gasteiger partial charge < -0.3 is 0 Å². The molecule has 0 atom stereocenters. The van der Waals surface area contributed by atoms with E-state index in [1.807, 2.05) is 0 Å². The summed E-state index contributed by atoms with van der Waals surface area (Å²) in [6.45, 7) is 0. The molecule has 0 amide bonds. The van der Waals surface area contributed by atoms with E-state index in [0.717, 1.165) is 0 Å². The smallest absolute Gasteiger partial charge is 0.0622 e. The Morgan fingerprint density at radius 1 is 0.286 bits per heavy atom. The van der Waals surface area contributed by atoms with Gasteiger partial charge in [-0.25, -0.2) is 0 Å². The molecule has 0 spiro atoms. The molecule has 42 heavy (non-hydrogen) atoms. The van der Waals surface area contributed by atoms with Gasteiger partial charge in [0, 0.05) is 0 Å². The first kappa shape index (κ1) is 9.02. The highest BCUT2D eigenvalue weighted by Crippen LogP contribution is 2.46. The number of hydrogen-bond donors (Lipinski definition) is 0. The fourth-order valence-corrected chi connectivity index (χ4v) is 4.78. The summed E-state index contributed by atoms with van der Waals surface area (Å²) in [4.78, 5) is 0. The molecule has 0 radical (unpaired) electrons. The van der Waals surface area contributed by atoms with Crippen LogP contribution in [-0.2, 0) is 0 Å². The Kier molecular flexibility index (Phi) is 2.19. The number of fused-ring (bicyclic) bond motifs is 3. The molecule has 0 saturated heterocycles. The van der Waals surface area contributed by atoms with Crippen LogP contribution >= 0.6 is 0 Å². The highest BCUT2D eigenvalue weighted by Gasteiger charge is 2.19. The summed E-state index contributed by atoms with van der Waals surface area (Å²) in [5.74, 6) is 0. The van der Waals surface area contributed by atoms with E-state index in [0.29, 0.717) is 0 Å². The van der Waals surface area contributed by atoms with E-state index in [1.165, 1.54) is 0 Å². The second kappa shape index (κ2) is 10.2. The van der Waals surface area contributed by atoms with Crippen molar-refractivity contribution in [3.8, 4) is 44.5 Å². The Labute approximate surface area is 285 Å². The normalized spacial score (nSPS) is 20.7. The molecule has 8 aromatic carbocycles. The fraction of sp³-hybridized carbons (Fsp3) is 0. The fourth-order valence-electron chi connectivity index (χ4n) is 4.78. The molecule has 0 fully saturated rings. The van der Waals surface area contributed by atoms with E-state index < -0.39 is 246 Å². The van der Waals surface area contributed by atoms with Gasteiger partial charge in [0.15, 0.2) is 0 Å². The van der Waals surface area contributed by atoms with Crippen molar-refractivity contribution in [2.24, 2.45) is 0 Å². The van der Waals surface area contributed by atoms with Crippen LogP contribution in [0.1, 0.15) is 38.4 Å². The van der Waals surface area contributed by atoms with Crippen molar-refractivity contribution in [1.29, 1.82) is 0 Å². The van der Waals surface area contributed by atoms with E-state index in [1.54, 1.807) is 0 Å². The van der Waals surface area contributed by atoms with Gasteiger partial charge in [0.25, 0.3) is 0 Å². The first-order chi connectivity index (χ1) is 32.5. The molecular weight excluding hydrogens is 504 g/mol. The lowest BCUT2D eigenvalue weighted by molar-refractivity contribution is 1.58. The van der Waals surface area contributed by atoms with Crippen LogP contribution in [0.25, 0.3) is 76.8 Å². The Morgan fingerprint density at radius 2 is 0.762 bits per heavy atom. The van der Waals surface area contributed by atoms with Gasteiger partial charge in [0.1, 0.15) is 0 Å². The van der Waals surface area contributed by atoms with E-state index >= 15 is 0 Å². The monoisotopic (exact) mass is 560 g/mol. The SMILES string of the molecule is [2H]c1c([2H])c([2H])c(-c2c([2H])c([2H])c(-c3c4c([2H])c([2H])c([2H])c([2H])c4c(-c4c([2H])c([2H])c([2H])c5c([2H])c([2H])c([2H])c([2H])c45)c4c([2H])c([2H])c([2H])c([2H])c34)c([2H])c2-c2c([2H])c([2H])c([2H])c([2H])c2[2H])c([2H])c1[2H]. The minimum atomic E-state index is -1.18. The zero-order valence-corrected chi connectivity index (χ0v) is 21.0. The van der Waals surface area contributed by atoms with Crippen molar-refractivity contribution in [2.75, 3.05) is 0 Å². The zero-order valence-electron chi connectivity index (χ0n) is 49.0. The van der Waals surface area contributed by atoms with Crippen LogP contribution in [0.15, 0.2) is 169 Å². The lowest BCUT2D eigenvalue weighted by atomic mass is 9.83. The molecule has 0 aromatic heterocycles. The first-order valence-electron chi connectivity index (χ1n) is 26.2. The molecule has 0 aliphatic rings. The molecule has 8 aromatic rings. The van der Waals surface area contributed by atoms with Crippen molar-refractivity contribution < 1.29 is 38.4 Å². The predicted octanol–water partition coefficient (Wildman–Crippen LogP) is 11.8. The maximum atomic E-state index is 9.99. The van der Waals surface area contributed by atoms with Crippen molar-refractivity contribution in [3.63, 3.8) is 0 Å². The van der Waals surface area contributed by atoms with E-state index in [-0.39, 0.29) is 0 Å². The number of benzene rings is 8. The van der Waals surface area contributed by atoms with Gasteiger partial charge >= 0.3 is 0 Å². The summed E-state index contributed by atoms with van der Waals surface area (Å²) < 4.78 is 250. The van der Waals surface area contributed by atoms with Gasteiger partial charge in [-0.1, -0.05) is 163 Å². The van der Waals surface area contributed by atoms with Gasteiger partial charge in [0.2, 0.25) is 0 Å². The lowest BCUT2D eigenvalue weighted by Gasteiger charge is -2.20. The third-order valence-corrected chi connectivity index (χ3v) is 6.50. The maximum Gasteiger partial charge on any atom is 0.0636 e. The Morgan fingerprint density at radius 3 is 1.38 bits per heavy atom. The van der Waals surface area contributed by atoms with E-state index in [4.69, 9.17) is 27.4 Å². The van der Waals surface area contributed by atoms with Crippen LogP contribution in [0, 0.1) is 0 Å². The molecule has 0 aliphatic carbocycles. The van der Waals surface area contributed by atoms with E-state index in [2.05, 4.69) is 0 Å². The van der Waals surface area contributed by atoms with Gasteiger partial charge in [-0.2, -0.15) is 0 Å². The van der Waals surface area contributed by atoms with Crippen molar-refractivity contribution in [1.82, 2.24) is 0 Å². The van der Waals surface area contributed by atoms with Crippen LogP contribution < -0.4 is 0 Å². The third-order valence-electron chi connectivity index (χ3n) is 6.50. The second-order valence-corrected chi connectivity index (χ2v) is 8.75. The molecular formula is C42H28. The predicted molar refractivity (Wildman–Crippen MR) is 181 cm³/mol. The van der Waals surface area contributed by atoms with Crippen molar-refractivity contribution in [3.05, 3.63) is 169 Å². The first-order valence-corrected chi connectivity index (χ1v) is 12.2. The summed E-state index contributed by atoms with van der Waals surface area (Å²) in [6.07, 6.45) is 0. The molecule has 196 valence electrons. The molecule has 0 bridgehead atoms. The molecule has 0 unspecified atom stereocenters. The van der Waals surface area contributed by atoms with Crippen molar-refractivity contribution >= 4 is 32.3 Å². The molecule has 8 rings (SSSR count). The van der Waals surface area contributed by atoms with Crippen LogP contribution in [0.3, 0.4) is 0 Å². The largest absolute Gasteiger partial charge is 0.0636 e. The molecule has 0 aliphatic heterocycles. The average molecular weight is 561 g/mol. The molecule has 0 saturated carbocycles. The van der Waals surface area contributed by atoms with E-state index in [9.17, 15) is 11.0 Å². The Bertz CT molecular complexity index is 3650. The highest BCUT2D eigenvalue weighted by molar-refractivity contribution is 6.23. The molecule has 0 N–H and O–H groups in total. The molecule has 0 heterocycles. The standard InChI is InChI=1S/C42H28/c1-3-14-29(15-4-1)34-27-26-32(28-40(34)31-16-5-2-6-17-31)41-36-21-9-11-23-38(36)42(39-24-12-10-22-37(39)41)35-25-13-19-30-18-7-8-20-33(30)35/h1-28H/i1D,2D,3D,4D,5D,6D,7D,8D,9D,10D,11D,12D,13D,14D,15D,16D,17D,18D,19D,20D,21D,22D,23D,24D,25D,26D,27D,28D. The van der Waals surface area contributed by atoms with Crippen molar-refractivity contribution in [2.45, 2.75) is 0 Å². The minimum absolute atomic E-state index is 0.652. The Hall–Kier alpha value is -5.46. The van der Waals surface area contributed by atoms with Crippen LogP contribution in [0.2, 0.25) is 0 Å². The van der Waals surface area contributed by atoms with Crippen LogP contribution in [0.4, 0.5) is 0 Å². The minimum Gasteiger partial charge on any atom is -0.0622 e. The van der Waals surface area contributed by atoms with Gasteiger partial charge in [0.05, 0.1) is 38.4 Å². The highest BCUT2D eigenvalue weighted by atomic mass is 14.2. The second-order valence-electron chi connectivity index (χ2n) is 8.75. The number of rotatable bonds is 4. The quantitative estimate of drug-likeness (QED) is 0.188. The zero-order chi connectivity index (χ0) is 52.2. The van der Waals surface area contributed by atoms with Crippen LogP contribution in [0.5, 0.6) is 0 Å². The summed E-state index contributed by atoms with van der Waals surface area (Å²) in [5, 5.41) is -4.55. The lowest BCUT2D eigenvalue weighted by Crippen LogP contribution is -1.93. The molecule has 0 nitrogen and oxygen atoms in total. The van der Waals surface area contributed by atoms with Gasteiger partial charge in [-0.05, 0) is 82.9 Å². The number of hydrogen-bond acceptors (Lipinski definition) is 0. The Balaban J connectivity index is 1.80. The van der Waals surface area contributed by atoms with Gasteiger partial charge in [-0.3, -0.25) is 0 Å². The van der Waals surface area contributed by atoms with Crippen LogP contribution in [-0.4, -0.2) is 0 Å². The summed E-state index contributed by atoms with van der Waals surface area (Å²) >= 11 is 0. The third kappa shape index (κ3) is 4.00. The summed E-state index contributed by atoms with van der Waals surface area (Å²) in [5.41, 5.74) is -6.96. The average Bonchev–Trinajstić information content (AvgIpc) is 3.33. The van der Waals surface area contributed by atoms with Gasteiger partial charge in [-0.15, -0.1) is 0 Å². The molecule has 0 heteroatoms. The topological polar surface area (TPSA) is 0 Å².